The van der Waals surface area contributed by atoms with Crippen LogP contribution in [0.1, 0.15) is 18.9 Å². The Hall–Kier alpha value is -2.43. The van der Waals surface area contributed by atoms with Gasteiger partial charge >= 0.3 is 0 Å². The molecular weight excluding hydrogens is 328 g/mol. The molecule has 26 heavy (non-hydrogen) atoms. The number of amides is 3. The SMILES string of the molecule is CC(=O)N(CN1C(=O)[C@@H]2[C@H]3C=C[C@H]([C@H]4C[C@H]34)[C@@H]2C1=O)c1ccccc1C. The number of para-hydroxylation sites is 1. The third kappa shape index (κ3) is 2.00. The van der Waals surface area contributed by atoms with E-state index >= 15 is 0 Å². The molecule has 1 heterocycles. The summed E-state index contributed by atoms with van der Waals surface area (Å²) in [7, 11) is 0. The lowest BCUT2D eigenvalue weighted by molar-refractivity contribution is -0.140. The topological polar surface area (TPSA) is 57.7 Å². The molecule has 1 aliphatic heterocycles. The quantitative estimate of drug-likeness (QED) is 0.621. The molecule has 0 radical (unpaired) electrons. The summed E-state index contributed by atoms with van der Waals surface area (Å²) in [6, 6.07) is 7.56. The summed E-state index contributed by atoms with van der Waals surface area (Å²) in [6.45, 7) is 3.42. The van der Waals surface area contributed by atoms with E-state index in [-0.39, 0.29) is 48.1 Å². The molecule has 0 N–H and O–H groups in total. The van der Waals surface area contributed by atoms with Crippen LogP contribution >= 0.6 is 0 Å². The molecule has 6 atom stereocenters. The van der Waals surface area contributed by atoms with Crippen LogP contribution < -0.4 is 4.90 Å². The number of anilines is 1. The Morgan fingerprint density at radius 3 is 2.19 bits per heavy atom. The van der Waals surface area contributed by atoms with E-state index in [1.807, 2.05) is 31.2 Å². The number of benzene rings is 1. The molecule has 2 bridgehead atoms. The highest BCUT2D eigenvalue weighted by Gasteiger charge is 2.67. The van der Waals surface area contributed by atoms with Crippen molar-refractivity contribution in [3.63, 3.8) is 0 Å². The first kappa shape index (κ1) is 15.8. The summed E-state index contributed by atoms with van der Waals surface area (Å²) in [5, 5.41) is 0. The highest BCUT2D eigenvalue weighted by Crippen LogP contribution is 2.65. The summed E-state index contributed by atoms with van der Waals surface area (Å²) in [4.78, 5) is 41.4. The third-order valence-corrected chi connectivity index (χ3v) is 6.82. The van der Waals surface area contributed by atoms with Crippen molar-refractivity contribution in [1.29, 1.82) is 0 Å². The first-order chi connectivity index (χ1) is 12.5. The molecule has 134 valence electrons. The van der Waals surface area contributed by atoms with Gasteiger partial charge in [0.25, 0.3) is 0 Å². The van der Waals surface area contributed by atoms with Crippen molar-refractivity contribution in [2.75, 3.05) is 11.6 Å². The Morgan fingerprint density at radius 2 is 1.65 bits per heavy atom. The van der Waals surface area contributed by atoms with Crippen LogP contribution in [0.4, 0.5) is 5.69 Å². The molecule has 1 aromatic rings. The molecule has 4 aliphatic carbocycles. The minimum atomic E-state index is -0.216. The normalized spacial score (nSPS) is 36.2. The molecule has 0 spiro atoms. The molecule has 0 aromatic heterocycles. The zero-order chi connectivity index (χ0) is 18.2. The predicted molar refractivity (Wildman–Crippen MR) is 95.8 cm³/mol. The van der Waals surface area contributed by atoms with Crippen molar-refractivity contribution >= 4 is 23.4 Å². The van der Waals surface area contributed by atoms with Gasteiger partial charge in [-0.05, 0) is 48.6 Å². The maximum atomic E-state index is 13.1. The van der Waals surface area contributed by atoms with Gasteiger partial charge in [0.2, 0.25) is 17.7 Å². The Labute approximate surface area is 152 Å². The Kier molecular flexibility index (Phi) is 3.21. The molecule has 1 saturated heterocycles. The van der Waals surface area contributed by atoms with E-state index in [1.165, 1.54) is 11.8 Å². The molecule has 3 fully saturated rings. The predicted octanol–water partition coefficient (Wildman–Crippen LogP) is 2.36. The molecular formula is C21H22N2O3. The number of allylic oxidation sites excluding steroid dienone is 2. The number of carbonyl (C=O) groups excluding carboxylic acids is 3. The van der Waals surface area contributed by atoms with Crippen LogP contribution in [0.15, 0.2) is 36.4 Å². The van der Waals surface area contributed by atoms with Gasteiger partial charge in [-0.15, -0.1) is 0 Å². The zero-order valence-corrected chi connectivity index (χ0v) is 15.0. The Balaban J connectivity index is 1.46. The van der Waals surface area contributed by atoms with Crippen LogP contribution in [0.2, 0.25) is 0 Å². The molecule has 0 unspecified atom stereocenters. The second-order valence-corrected chi connectivity index (χ2v) is 8.13. The van der Waals surface area contributed by atoms with Crippen molar-refractivity contribution in [2.45, 2.75) is 20.3 Å². The fourth-order valence-electron chi connectivity index (χ4n) is 5.51. The first-order valence-corrected chi connectivity index (χ1v) is 9.36. The van der Waals surface area contributed by atoms with E-state index in [0.29, 0.717) is 11.8 Å². The average molecular weight is 350 g/mol. The molecule has 6 rings (SSSR count). The summed E-state index contributed by atoms with van der Waals surface area (Å²) >= 11 is 0. The lowest BCUT2D eigenvalue weighted by Crippen LogP contribution is -2.44. The number of nitrogens with zero attached hydrogens (tertiary/aromatic N) is 2. The third-order valence-electron chi connectivity index (χ3n) is 6.82. The van der Waals surface area contributed by atoms with Gasteiger partial charge in [0, 0.05) is 12.6 Å². The number of likely N-dealkylation sites (tertiary alicyclic amines) is 1. The standard InChI is InChI=1S/C21H22N2O3/c1-11-5-3-4-6-17(11)22(12(2)24)10-23-20(25)18-13-7-8-14(16-9-15(13)16)19(18)21(23)26/h3-8,13-16,18-19H,9-10H2,1-2H3/t13-,14+,15-,16-,18+,19-/m1/s1. The first-order valence-electron chi connectivity index (χ1n) is 9.36. The van der Waals surface area contributed by atoms with Crippen LogP contribution in [0.5, 0.6) is 0 Å². The second-order valence-electron chi connectivity index (χ2n) is 8.13. The number of aryl methyl sites for hydroxylation is 1. The molecule has 3 amide bonds. The molecule has 5 heteroatoms. The van der Waals surface area contributed by atoms with Gasteiger partial charge in [0.15, 0.2) is 0 Å². The highest BCUT2D eigenvalue weighted by atomic mass is 16.2. The van der Waals surface area contributed by atoms with Crippen molar-refractivity contribution in [3.8, 4) is 0 Å². The number of imide groups is 1. The monoisotopic (exact) mass is 350 g/mol. The average Bonchev–Trinajstić information content (AvgIpc) is 3.40. The van der Waals surface area contributed by atoms with Crippen molar-refractivity contribution in [3.05, 3.63) is 42.0 Å². The smallest absolute Gasteiger partial charge is 0.235 e. The largest absolute Gasteiger partial charge is 0.294 e. The van der Waals surface area contributed by atoms with Gasteiger partial charge in [-0.25, -0.2) is 0 Å². The minimum Gasteiger partial charge on any atom is -0.294 e. The number of rotatable bonds is 3. The Morgan fingerprint density at radius 1 is 1.08 bits per heavy atom. The summed E-state index contributed by atoms with van der Waals surface area (Å²) in [5.74, 6) is 0.805. The van der Waals surface area contributed by atoms with E-state index in [9.17, 15) is 14.4 Å². The van der Waals surface area contributed by atoms with Gasteiger partial charge in [-0.1, -0.05) is 30.4 Å². The fourth-order valence-corrected chi connectivity index (χ4v) is 5.51. The van der Waals surface area contributed by atoms with Gasteiger partial charge in [0.05, 0.1) is 11.8 Å². The number of hydrogen-bond donors (Lipinski definition) is 0. The lowest BCUT2D eigenvalue weighted by Gasteiger charge is -2.37. The van der Waals surface area contributed by atoms with Gasteiger partial charge in [0.1, 0.15) is 6.67 Å². The van der Waals surface area contributed by atoms with Crippen LogP contribution in [0.25, 0.3) is 0 Å². The maximum Gasteiger partial charge on any atom is 0.235 e. The molecule has 5 nitrogen and oxygen atoms in total. The Bertz CT molecular complexity index is 825. The lowest BCUT2D eigenvalue weighted by atomic mass is 9.63. The van der Waals surface area contributed by atoms with Crippen molar-refractivity contribution < 1.29 is 14.4 Å². The maximum absolute atomic E-state index is 13.1. The highest BCUT2D eigenvalue weighted by molar-refractivity contribution is 6.07. The van der Waals surface area contributed by atoms with Crippen molar-refractivity contribution in [2.24, 2.45) is 35.5 Å². The number of hydrogen-bond acceptors (Lipinski definition) is 3. The van der Waals surface area contributed by atoms with E-state index in [0.717, 1.165) is 17.7 Å². The molecule has 5 aliphatic rings. The minimum absolute atomic E-state index is 0.0135. The van der Waals surface area contributed by atoms with Gasteiger partial charge in [-0.3, -0.25) is 24.2 Å². The summed E-state index contributed by atoms with van der Waals surface area (Å²) < 4.78 is 0. The van der Waals surface area contributed by atoms with E-state index in [1.54, 1.807) is 4.90 Å². The van der Waals surface area contributed by atoms with Crippen LogP contribution in [0.3, 0.4) is 0 Å². The summed E-state index contributed by atoms with van der Waals surface area (Å²) in [6.07, 6.45) is 5.48. The van der Waals surface area contributed by atoms with E-state index in [4.69, 9.17) is 0 Å². The van der Waals surface area contributed by atoms with Crippen LogP contribution in [-0.2, 0) is 14.4 Å². The second kappa shape index (κ2) is 5.29. The summed E-state index contributed by atoms with van der Waals surface area (Å²) in [5.41, 5.74) is 1.70. The van der Waals surface area contributed by atoms with Gasteiger partial charge in [-0.2, -0.15) is 0 Å². The van der Waals surface area contributed by atoms with E-state index in [2.05, 4.69) is 12.2 Å². The molecule has 2 saturated carbocycles. The van der Waals surface area contributed by atoms with Gasteiger partial charge < -0.3 is 0 Å². The van der Waals surface area contributed by atoms with Crippen LogP contribution in [-0.4, -0.2) is 29.3 Å². The number of carbonyl (C=O) groups is 3. The van der Waals surface area contributed by atoms with Crippen LogP contribution in [0, 0.1) is 42.4 Å². The molecule has 1 aromatic carbocycles. The van der Waals surface area contributed by atoms with E-state index < -0.39 is 0 Å². The fraction of sp³-hybridized carbons (Fsp3) is 0.476. The zero-order valence-electron chi connectivity index (χ0n) is 15.0. The van der Waals surface area contributed by atoms with Crippen molar-refractivity contribution in [1.82, 2.24) is 4.90 Å².